The number of rotatable bonds is 17. The van der Waals surface area contributed by atoms with Crippen LogP contribution in [0.3, 0.4) is 0 Å². The van der Waals surface area contributed by atoms with Crippen LogP contribution in [-0.2, 0) is 37.5 Å². The van der Waals surface area contributed by atoms with E-state index in [-0.39, 0.29) is 49.9 Å². The van der Waals surface area contributed by atoms with Crippen LogP contribution in [-0.4, -0.2) is 47.4 Å². The molecule has 0 unspecified atom stereocenters. The van der Waals surface area contributed by atoms with Gasteiger partial charge in [-0.05, 0) is 72.2 Å². The first-order chi connectivity index (χ1) is 24.0. The zero-order valence-corrected chi connectivity index (χ0v) is 28.3. The molecule has 0 bridgehead atoms. The lowest BCUT2D eigenvalue weighted by molar-refractivity contribution is -0.470. The van der Waals surface area contributed by atoms with Crippen LogP contribution >= 0.6 is 0 Å². The maximum Gasteiger partial charge on any atom is 0.385 e. The van der Waals surface area contributed by atoms with Gasteiger partial charge in [0.25, 0.3) is 0 Å². The van der Waals surface area contributed by atoms with E-state index in [0.717, 1.165) is 13.8 Å². The Morgan fingerprint density at radius 1 is 0.352 bits per heavy atom. The molecule has 0 spiro atoms. The number of hydrogen-bond donors (Lipinski definition) is 2. The lowest BCUT2D eigenvalue weighted by Crippen LogP contribution is -2.76. The molecule has 0 amide bonds. The molecule has 0 saturated heterocycles. The summed E-state index contributed by atoms with van der Waals surface area (Å²) in [5.41, 5.74) is 3.66. The van der Waals surface area contributed by atoms with Gasteiger partial charge in [-0.25, -0.2) is 0 Å². The van der Waals surface area contributed by atoms with E-state index in [4.69, 9.17) is 11.5 Å². The lowest BCUT2D eigenvalue weighted by atomic mass is 9.83. The molecule has 0 fully saturated rings. The molecule has 2 rings (SSSR count). The van der Waals surface area contributed by atoms with Gasteiger partial charge in [-0.2, -0.15) is 87.8 Å². The first kappa shape index (κ1) is 46.8. The summed E-state index contributed by atoms with van der Waals surface area (Å²) in [5, 5.41) is 0. The molecule has 0 aliphatic heterocycles. The minimum atomic E-state index is -9.12. The maximum atomic E-state index is 15.0. The second kappa shape index (κ2) is 14.3. The second-order valence-corrected chi connectivity index (χ2v) is 12.4. The number of hydrogen-bond acceptors (Lipinski definition) is 2. The van der Waals surface area contributed by atoms with Crippen molar-refractivity contribution in [1.82, 2.24) is 0 Å². The van der Waals surface area contributed by atoms with Gasteiger partial charge in [0.15, 0.2) is 0 Å². The molecule has 54 heavy (non-hydrogen) atoms. The van der Waals surface area contributed by atoms with Crippen LogP contribution in [0.15, 0.2) is 24.3 Å². The van der Waals surface area contributed by atoms with Crippen molar-refractivity contribution < 1.29 is 87.8 Å². The molecule has 310 valence electrons. The number of nitrogen functional groups attached to an aromatic ring is 2. The quantitative estimate of drug-likeness (QED) is 0.123. The van der Waals surface area contributed by atoms with E-state index >= 15 is 17.6 Å². The van der Waals surface area contributed by atoms with Crippen LogP contribution in [0.5, 0.6) is 0 Å². The minimum Gasteiger partial charge on any atom is -0.398 e. The molecule has 2 nitrogen and oxygen atoms in total. The van der Waals surface area contributed by atoms with E-state index < -0.39 is 117 Å². The second-order valence-electron chi connectivity index (χ2n) is 12.4. The number of nitrogens with two attached hydrogens (primary N) is 2. The van der Waals surface area contributed by atoms with Crippen molar-refractivity contribution >= 4 is 11.4 Å². The highest BCUT2D eigenvalue weighted by molar-refractivity contribution is 5.58. The first-order valence-corrected chi connectivity index (χ1v) is 15.7. The summed E-state index contributed by atoms with van der Waals surface area (Å²) in [7, 11) is 0. The monoisotopic (exact) mass is 824 g/mol. The Morgan fingerprint density at radius 2 is 0.556 bits per heavy atom. The SMILES string of the molecule is CCCc1cc(C(F)(F)C(F)(F)C(F)(F)C(F)(F)C(F)(F)C(F)(F)C(F)(F)C(F)(F)C(F)(F)C(F)(F)c2cc(CC)c(N)c(CCC)c2)cc(CC)c1N. The van der Waals surface area contributed by atoms with Gasteiger partial charge in [0.2, 0.25) is 0 Å². The van der Waals surface area contributed by atoms with Crippen molar-refractivity contribution in [2.24, 2.45) is 0 Å². The topological polar surface area (TPSA) is 52.0 Å². The van der Waals surface area contributed by atoms with Crippen LogP contribution in [0.1, 0.15) is 73.9 Å². The highest BCUT2D eigenvalue weighted by Gasteiger charge is 2.97. The molecular formula is C32H32F20N2. The van der Waals surface area contributed by atoms with Gasteiger partial charge in [-0.3, -0.25) is 0 Å². The fourth-order valence-corrected chi connectivity index (χ4v) is 5.40. The molecule has 2 aromatic carbocycles. The fraction of sp³-hybridized carbons (Fsp3) is 0.625. The molecule has 0 atom stereocenters. The van der Waals surface area contributed by atoms with Crippen molar-refractivity contribution in [2.45, 2.75) is 125 Å². The van der Waals surface area contributed by atoms with Gasteiger partial charge >= 0.3 is 59.2 Å². The summed E-state index contributed by atoms with van der Waals surface area (Å²) >= 11 is 0. The Bertz CT molecular complexity index is 1540. The zero-order chi connectivity index (χ0) is 42.7. The highest BCUT2D eigenvalue weighted by Crippen LogP contribution is 2.67. The maximum absolute atomic E-state index is 15.0. The Morgan fingerprint density at radius 3 is 0.759 bits per heavy atom. The average molecular weight is 825 g/mol. The van der Waals surface area contributed by atoms with E-state index in [1.807, 2.05) is 0 Å². The third-order valence-electron chi connectivity index (χ3n) is 8.78. The van der Waals surface area contributed by atoms with E-state index in [2.05, 4.69) is 0 Å². The molecule has 0 saturated carbocycles. The Hall–Kier alpha value is -3.36. The number of aryl methyl sites for hydroxylation is 4. The summed E-state index contributed by atoms with van der Waals surface area (Å²) in [6, 6.07) is -0.314. The highest BCUT2D eigenvalue weighted by atomic mass is 19.4. The minimum absolute atomic E-state index is 0.0161. The summed E-state index contributed by atoms with van der Waals surface area (Å²) < 4.78 is 295. The van der Waals surface area contributed by atoms with Crippen molar-refractivity contribution in [3.05, 3.63) is 57.6 Å². The number of anilines is 2. The fourth-order valence-electron chi connectivity index (χ4n) is 5.40. The van der Waals surface area contributed by atoms with Gasteiger partial charge in [0.05, 0.1) is 0 Å². The van der Waals surface area contributed by atoms with Crippen LogP contribution in [0.4, 0.5) is 99.2 Å². The standard InChI is InChI=1S/C32H32F20N2/c1-5-9-17-13-19(11-15(7-3)21(17)53)23(33,34)25(37,38)27(41,42)29(45,46)31(49,50)32(51,52)30(47,48)28(43,44)26(39,40)24(35,36)20-12-16(8-4)22(54)18(14-20)10-6-2/h11-14H,5-10,53-54H2,1-4H3. The number of halogens is 20. The molecule has 0 aliphatic rings. The Kier molecular flexibility index (Phi) is 12.4. The third kappa shape index (κ3) is 6.37. The number of benzene rings is 2. The van der Waals surface area contributed by atoms with E-state index in [1.165, 1.54) is 13.8 Å². The van der Waals surface area contributed by atoms with Gasteiger partial charge in [-0.15, -0.1) is 0 Å². The normalized spacial score (nSPS) is 14.9. The molecule has 22 heteroatoms. The van der Waals surface area contributed by atoms with Gasteiger partial charge in [0.1, 0.15) is 0 Å². The van der Waals surface area contributed by atoms with Gasteiger partial charge < -0.3 is 11.5 Å². The van der Waals surface area contributed by atoms with Crippen LogP contribution < -0.4 is 11.5 Å². The number of alkyl halides is 20. The Balaban J connectivity index is 2.80. The first-order valence-electron chi connectivity index (χ1n) is 15.7. The molecule has 2 aromatic rings. The average Bonchev–Trinajstić information content (AvgIpc) is 3.05. The van der Waals surface area contributed by atoms with Crippen molar-refractivity contribution in [1.29, 1.82) is 0 Å². The van der Waals surface area contributed by atoms with Gasteiger partial charge in [0, 0.05) is 22.5 Å². The molecule has 0 radical (unpaired) electrons. The predicted octanol–water partition coefficient (Wildman–Crippen LogP) is 11.8. The van der Waals surface area contributed by atoms with Crippen LogP contribution in [0.2, 0.25) is 0 Å². The zero-order valence-electron chi connectivity index (χ0n) is 28.3. The lowest BCUT2D eigenvalue weighted by Gasteiger charge is -2.45. The van der Waals surface area contributed by atoms with E-state index in [0.29, 0.717) is 0 Å². The molecule has 0 heterocycles. The summed E-state index contributed by atoms with van der Waals surface area (Å²) in [4.78, 5) is 0. The van der Waals surface area contributed by atoms with Crippen molar-refractivity contribution in [3.8, 4) is 0 Å². The molecule has 0 aromatic heterocycles. The van der Waals surface area contributed by atoms with Crippen LogP contribution in [0.25, 0.3) is 0 Å². The predicted molar refractivity (Wildman–Crippen MR) is 156 cm³/mol. The molecule has 4 N–H and O–H groups in total. The van der Waals surface area contributed by atoms with Crippen molar-refractivity contribution in [3.63, 3.8) is 0 Å². The summed E-state index contributed by atoms with van der Waals surface area (Å²) in [6.07, 6.45) is -1.68. The van der Waals surface area contributed by atoms with E-state index in [9.17, 15) is 70.2 Å². The Labute approximate surface area is 294 Å². The largest absolute Gasteiger partial charge is 0.398 e. The third-order valence-corrected chi connectivity index (χ3v) is 8.78. The van der Waals surface area contributed by atoms with Crippen molar-refractivity contribution in [2.75, 3.05) is 11.5 Å². The van der Waals surface area contributed by atoms with Gasteiger partial charge in [-0.1, -0.05) is 40.5 Å². The summed E-state index contributed by atoms with van der Waals surface area (Å²) in [6.45, 7) is 4.95. The van der Waals surface area contributed by atoms with E-state index in [1.54, 1.807) is 0 Å². The summed E-state index contributed by atoms with van der Waals surface area (Å²) in [5.74, 6) is -83.1. The molecular weight excluding hydrogens is 792 g/mol. The smallest absolute Gasteiger partial charge is 0.385 e. The molecule has 0 aliphatic carbocycles. The van der Waals surface area contributed by atoms with Crippen LogP contribution in [0, 0.1) is 0 Å².